The molecule has 2 aromatic carbocycles. The van der Waals surface area contributed by atoms with Gasteiger partial charge in [-0.25, -0.2) is 0 Å². The molecule has 0 spiro atoms. The standard InChI is InChI=1S/C22H26ClNO4/c23-19-5-1-16(2-6-19)13-28-14-17-9-11-22(27,12-10-17)15-24-21(26)18-3-7-20(25)8-4-18/h1-8,17,25,27H,9-15H2,(H,24,26). The summed E-state index contributed by atoms with van der Waals surface area (Å²) < 4.78 is 5.82. The maximum atomic E-state index is 12.2. The molecule has 2 aromatic rings. The molecule has 0 saturated heterocycles. The third-order valence-electron chi connectivity index (χ3n) is 5.28. The molecule has 150 valence electrons. The van der Waals surface area contributed by atoms with Gasteiger partial charge in [0.25, 0.3) is 5.91 Å². The van der Waals surface area contributed by atoms with Crippen molar-refractivity contribution in [3.05, 3.63) is 64.7 Å². The van der Waals surface area contributed by atoms with Crippen molar-refractivity contribution in [3.63, 3.8) is 0 Å². The van der Waals surface area contributed by atoms with Gasteiger partial charge in [-0.2, -0.15) is 0 Å². The van der Waals surface area contributed by atoms with E-state index in [1.54, 1.807) is 12.1 Å². The molecule has 0 unspecified atom stereocenters. The Hall–Kier alpha value is -2.08. The predicted molar refractivity (Wildman–Crippen MR) is 108 cm³/mol. The Morgan fingerprint density at radius 2 is 1.75 bits per heavy atom. The maximum absolute atomic E-state index is 12.2. The number of amides is 1. The second-order valence-corrected chi connectivity index (χ2v) is 7.98. The van der Waals surface area contributed by atoms with Crippen LogP contribution in [0.4, 0.5) is 0 Å². The number of benzene rings is 2. The zero-order valence-electron chi connectivity index (χ0n) is 15.7. The van der Waals surface area contributed by atoms with Crippen molar-refractivity contribution in [1.29, 1.82) is 0 Å². The fourth-order valence-corrected chi connectivity index (χ4v) is 3.57. The Labute approximate surface area is 170 Å². The molecule has 5 nitrogen and oxygen atoms in total. The van der Waals surface area contributed by atoms with Crippen LogP contribution < -0.4 is 5.32 Å². The van der Waals surface area contributed by atoms with Crippen LogP contribution in [0.5, 0.6) is 5.75 Å². The number of phenolic OH excluding ortho intramolecular Hbond substituents is 1. The van der Waals surface area contributed by atoms with Crippen LogP contribution in [-0.4, -0.2) is 34.9 Å². The van der Waals surface area contributed by atoms with Crippen LogP contribution in [-0.2, 0) is 11.3 Å². The predicted octanol–water partition coefficient (Wildman–Crippen LogP) is 3.91. The quantitative estimate of drug-likeness (QED) is 0.654. The molecule has 1 aliphatic rings. The van der Waals surface area contributed by atoms with Crippen LogP contribution in [0.15, 0.2) is 48.5 Å². The van der Waals surface area contributed by atoms with E-state index in [4.69, 9.17) is 16.3 Å². The van der Waals surface area contributed by atoms with E-state index >= 15 is 0 Å². The summed E-state index contributed by atoms with van der Waals surface area (Å²) in [5.41, 5.74) is 0.679. The van der Waals surface area contributed by atoms with Gasteiger partial charge >= 0.3 is 0 Å². The lowest BCUT2D eigenvalue weighted by atomic mass is 9.79. The molecule has 0 bridgehead atoms. The van der Waals surface area contributed by atoms with Gasteiger partial charge in [0.05, 0.1) is 12.2 Å². The molecule has 6 heteroatoms. The van der Waals surface area contributed by atoms with Gasteiger partial charge in [-0.05, 0) is 73.6 Å². The molecule has 3 rings (SSSR count). The Morgan fingerprint density at radius 3 is 2.39 bits per heavy atom. The number of carbonyl (C=O) groups is 1. The number of nitrogens with one attached hydrogen (secondary N) is 1. The van der Waals surface area contributed by atoms with Crippen molar-refractivity contribution in [1.82, 2.24) is 5.32 Å². The Morgan fingerprint density at radius 1 is 1.11 bits per heavy atom. The molecule has 1 fully saturated rings. The van der Waals surface area contributed by atoms with Gasteiger partial charge in [-0.15, -0.1) is 0 Å². The van der Waals surface area contributed by atoms with Crippen LogP contribution >= 0.6 is 11.6 Å². The molecule has 1 amide bonds. The summed E-state index contributed by atoms with van der Waals surface area (Å²) >= 11 is 5.88. The van der Waals surface area contributed by atoms with Gasteiger partial charge in [-0.1, -0.05) is 23.7 Å². The zero-order chi connectivity index (χ0) is 20.0. The number of hydrogen-bond acceptors (Lipinski definition) is 4. The minimum atomic E-state index is -0.876. The Bertz CT molecular complexity index is 768. The number of rotatable bonds is 7. The van der Waals surface area contributed by atoms with E-state index in [9.17, 15) is 15.0 Å². The topological polar surface area (TPSA) is 78.8 Å². The van der Waals surface area contributed by atoms with Crippen LogP contribution in [0.3, 0.4) is 0 Å². The first-order valence-corrected chi connectivity index (χ1v) is 9.93. The number of ether oxygens (including phenoxy) is 1. The molecule has 1 aliphatic carbocycles. The SMILES string of the molecule is O=C(NCC1(O)CCC(COCc2ccc(Cl)cc2)CC1)c1ccc(O)cc1. The van der Waals surface area contributed by atoms with E-state index in [2.05, 4.69) is 5.32 Å². The average molecular weight is 404 g/mol. The average Bonchev–Trinajstić information content (AvgIpc) is 2.70. The highest BCUT2D eigenvalue weighted by atomic mass is 35.5. The number of aliphatic hydroxyl groups is 1. The van der Waals surface area contributed by atoms with Crippen molar-refractivity contribution in [2.75, 3.05) is 13.2 Å². The summed E-state index contributed by atoms with van der Waals surface area (Å²) in [6, 6.07) is 13.7. The van der Waals surface area contributed by atoms with Gasteiger partial charge in [0.15, 0.2) is 0 Å². The molecule has 0 radical (unpaired) electrons. The number of aromatic hydroxyl groups is 1. The lowest BCUT2D eigenvalue weighted by Crippen LogP contribution is -2.45. The number of hydrogen-bond donors (Lipinski definition) is 3. The molecule has 3 N–H and O–H groups in total. The molecule has 0 heterocycles. The summed E-state index contributed by atoms with van der Waals surface area (Å²) in [5.74, 6) is 0.286. The lowest BCUT2D eigenvalue weighted by molar-refractivity contribution is -0.0238. The van der Waals surface area contributed by atoms with Gasteiger partial charge in [0, 0.05) is 23.7 Å². The molecule has 0 atom stereocenters. The highest BCUT2D eigenvalue weighted by Crippen LogP contribution is 2.32. The number of carbonyl (C=O) groups excluding carboxylic acids is 1. The van der Waals surface area contributed by atoms with E-state index in [1.165, 1.54) is 12.1 Å². The zero-order valence-corrected chi connectivity index (χ0v) is 16.5. The highest BCUT2D eigenvalue weighted by molar-refractivity contribution is 6.30. The monoisotopic (exact) mass is 403 g/mol. The molecular weight excluding hydrogens is 378 g/mol. The normalized spacial score (nSPS) is 22.0. The second kappa shape index (κ2) is 9.41. The third kappa shape index (κ3) is 5.96. The Balaban J connectivity index is 1.38. The Kier molecular flexibility index (Phi) is 6.94. The largest absolute Gasteiger partial charge is 0.508 e. The first-order valence-electron chi connectivity index (χ1n) is 9.55. The summed E-state index contributed by atoms with van der Waals surface area (Å²) in [6.07, 6.45) is 3.01. The van der Waals surface area contributed by atoms with Crippen LogP contribution in [0, 0.1) is 5.92 Å². The number of phenols is 1. The van der Waals surface area contributed by atoms with Crippen LogP contribution in [0.1, 0.15) is 41.6 Å². The van der Waals surface area contributed by atoms with Crippen LogP contribution in [0.2, 0.25) is 5.02 Å². The second-order valence-electron chi connectivity index (χ2n) is 7.54. The summed E-state index contributed by atoms with van der Waals surface area (Å²) in [4.78, 5) is 12.2. The fourth-order valence-electron chi connectivity index (χ4n) is 3.44. The first-order chi connectivity index (χ1) is 13.4. The summed E-state index contributed by atoms with van der Waals surface area (Å²) in [6.45, 7) is 1.45. The van der Waals surface area contributed by atoms with Crippen molar-refractivity contribution >= 4 is 17.5 Å². The smallest absolute Gasteiger partial charge is 0.251 e. The maximum Gasteiger partial charge on any atom is 0.251 e. The van der Waals surface area contributed by atoms with Crippen LogP contribution in [0.25, 0.3) is 0 Å². The third-order valence-corrected chi connectivity index (χ3v) is 5.53. The van der Waals surface area contributed by atoms with Crippen molar-refractivity contribution in [2.24, 2.45) is 5.92 Å². The summed E-state index contributed by atoms with van der Waals surface area (Å²) in [5, 5.41) is 23.6. The molecule has 28 heavy (non-hydrogen) atoms. The molecule has 1 saturated carbocycles. The minimum Gasteiger partial charge on any atom is -0.508 e. The first kappa shape index (κ1) is 20.6. The fraction of sp³-hybridized carbons (Fsp3) is 0.409. The van der Waals surface area contributed by atoms with Crippen molar-refractivity contribution < 1.29 is 19.7 Å². The molecule has 0 aromatic heterocycles. The van der Waals surface area contributed by atoms with Crippen molar-refractivity contribution in [3.8, 4) is 5.75 Å². The van der Waals surface area contributed by atoms with E-state index in [-0.39, 0.29) is 18.2 Å². The lowest BCUT2D eigenvalue weighted by Gasteiger charge is -2.36. The molecule has 0 aliphatic heterocycles. The summed E-state index contributed by atoms with van der Waals surface area (Å²) in [7, 11) is 0. The van der Waals surface area contributed by atoms with E-state index < -0.39 is 5.60 Å². The van der Waals surface area contributed by atoms with Gasteiger partial charge in [0.1, 0.15) is 5.75 Å². The highest BCUT2D eigenvalue weighted by Gasteiger charge is 2.33. The van der Waals surface area contributed by atoms with E-state index in [0.29, 0.717) is 42.6 Å². The van der Waals surface area contributed by atoms with E-state index in [1.807, 2.05) is 24.3 Å². The van der Waals surface area contributed by atoms with Gasteiger partial charge < -0.3 is 20.3 Å². The molecular formula is C22H26ClNO4. The minimum absolute atomic E-state index is 0.117. The van der Waals surface area contributed by atoms with E-state index in [0.717, 1.165) is 18.4 Å². The van der Waals surface area contributed by atoms with Crippen molar-refractivity contribution in [2.45, 2.75) is 37.9 Å². The van der Waals surface area contributed by atoms with Gasteiger partial charge in [-0.3, -0.25) is 4.79 Å². The van der Waals surface area contributed by atoms with Gasteiger partial charge in [0.2, 0.25) is 0 Å². The number of halogens is 1.